The number of carbonyl (C=O) groups excluding carboxylic acids is 2. The summed E-state index contributed by atoms with van der Waals surface area (Å²) in [7, 11) is 0. The second kappa shape index (κ2) is 7.62. The van der Waals surface area contributed by atoms with Gasteiger partial charge in [-0.15, -0.1) is 11.3 Å². The first-order valence-electron chi connectivity index (χ1n) is 8.29. The van der Waals surface area contributed by atoms with Crippen LogP contribution in [0.1, 0.15) is 23.3 Å². The molecule has 4 nitrogen and oxygen atoms in total. The number of carbonyl (C=O) groups is 2. The van der Waals surface area contributed by atoms with Crippen molar-refractivity contribution in [1.29, 1.82) is 0 Å². The van der Waals surface area contributed by atoms with Crippen LogP contribution in [-0.4, -0.2) is 29.8 Å². The molecule has 2 amide bonds. The first kappa shape index (κ1) is 16.7. The number of likely N-dealkylation sites (tertiary alicyclic amines) is 1. The topological polar surface area (TPSA) is 49.4 Å². The monoisotopic (exact) mass is 342 g/mol. The Balaban J connectivity index is 1.49. The highest BCUT2D eigenvalue weighted by Crippen LogP contribution is 2.21. The lowest BCUT2D eigenvalue weighted by atomic mass is 9.95. The van der Waals surface area contributed by atoms with Crippen molar-refractivity contribution in [2.75, 3.05) is 18.4 Å². The standard InChI is InChI=1S/C19H22N2O2S/c1-14-4-2-5-16(12-14)20-19(23)15-7-9-21(10-8-15)18(22)13-17-6-3-11-24-17/h2-6,11-12,15H,7-10,13H2,1H3,(H,20,23). The summed E-state index contributed by atoms with van der Waals surface area (Å²) < 4.78 is 0. The Hall–Kier alpha value is -2.14. The van der Waals surface area contributed by atoms with Crippen LogP contribution < -0.4 is 5.32 Å². The van der Waals surface area contributed by atoms with Gasteiger partial charge in [0.25, 0.3) is 0 Å². The first-order valence-corrected chi connectivity index (χ1v) is 9.17. The molecule has 0 spiro atoms. The number of hydrogen-bond donors (Lipinski definition) is 1. The van der Waals surface area contributed by atoms with Crippen molar-refractivity contribution in [3.63, 3.8) is 0 Å². The predicted molar refractivity (Wildman–Crippen MR) is 97.1 cm³/mol. The minimum atomic E-state index is -0.0173. The molecule has 3 rings (SSSR count). The Bertz CT molecular complexity index is 704. The fourth-order valence-electron chi connectivity index (χ4n) is 3.03. The van der Waals surface area contributed by atoms with Crippen molar-refractivity contribution in [2.24, 2.45) is 5.92 Å². The van der Waals surface area contributed by atoms with Crippen LogP contribution >= 0.6 is 11.3 Å². The van der Waals surface area contributed by atoms with Crippen molar-refractivity contribution in [3.05, 3.63) is 52.2 Å². The van der Waals surface area contributed by atoms with Crippen molar-refractivity contribution >= 4 is 28.8 Å². The number of rotatable bonds is 4. The molecule has 1 N–H and O–H groups in total. The number of anilines is 1. The molecule has 0 aliphatic carbocycles. The number of nitrogens with one attached hydrogen (secondary N) is 1. The van der Waals surface area contributed by atoms with E-state index in [1.165, 1.54) is 0 Å². The normalized spacial score (nSPS) is 15.3. The van der Waals surface area contributed by atoms with E-state index in [2.05, 4.69) is 5.32 Å². The molecule has 1 aromatic carbocycles. The van der Waals surface area contributed by atoms with Gasteiger partial charge in [-0.1, -0.05) is 18.2 Å². The second-order valence-electron chi connectivity index (χ2n) is 6.27. The number of piperidine rings is 1. The Morgan fingerprint density at radius 1 is 1.21 bits per heavy atom. The zero-order valence-corrected chi connectivity index (χ0v) is 14.6. The lowest BCUT2D eigenvalue weighted by molar-refractivity contribution is -0.133. The first-order chi connectivity index (χ1) is 11.6. The van der Waals surface area contributed by atoms with Crippen LogP contribution in [0.5, 0.6) is 0 Å². The molecule has 1 aromatic heterocycles. The molecule has 1 fully saturated rings. The fraction of sp³-hybridized carbons (Fsp3) is 0.368. The van der Waals surface area contributed by atoms with Crippen LogP contribution in [0.2, 0.25) is 0 Å². The zero-order chi connectivity index (χ0) is 16.9. The molecule has 0 saturated carbocycles. The number of hydrogen-bond acceptors (Lipinski definition) is 3. The lowest BCUT2D eigenvalue weighted by Crippen LogP contribution is -2.42. The number of aryl methyl sites for hydroxylation is 1. The molecule has 0 bridgehead atoms. The van der Waals surface area contributed by atoms with Crippen LogP contribution in [0, 0.1) is 12.8 Å². The van der Waals surface area contributed by atoms with Gasteiger partial charge in [0, 0.05) is 29.6 Å². The minimum Gasteiger partial charge on any atom is -0.342 e. The van der Waals surface area contributed by atoms with E-state index in [1.807, 2.05) is 53.6 Å². The van der Waals surface area contributed by atoms with Gasteiger partial charge in [0.2, 0.25) is 11.8 Å². The average Bonchev–Trinajstić information content (AvgIpc) is 3.08. The number of nitrogens with zero attached hydrogens (tertiary/aromatic N) is 1. The maximum atomic E-state index is 12.4. The summed E-state index contributed by atoms with van der Waals surface area (Å²) in [5, 5.41) is 4.98. The van der Waals surface area contributed by atoms with Gasteiger partial charge in [-0.3, -0.25) is 9.59 Å². The van der Waals surface area contributed by atoms with Gasteiger partial charge in [0.15, 0.2) is 0 Å². The van der Waals surface area contributed by atoms with Crippen molar-refractivity contribution in [2.45, 2.75) is 26.2 Å². The zero-order valence-electron chi connectivity index (χ0n) is 13.8. The highest BCUT2D eigenvalue weighted by atomic mass is 32.1. The van der Waals surface area contributed by atoms with Crippen molar-refractivity contribution in [3.8, 4) is 0 Å². The van der Waals surface area contributed by atoms with Crippen molar-refractivity contribution < 1.29 is 9.59 Å². The van der Waals surface area contributed by atoms with Gasteiger partial charge in [-0.25, -0.2) is 0 Å². The van der Waals surface area contributed by atoms with E-state index in [1.54, 1.807) is 11.3 Å². The third-order valence-electron chi connectivity index (χ3n) is 4.41. The molecular weight excluding hydrogens is 320 g/mol. The van der Waals surface area contributed by atoms with E-state index in [9.17, 15) is 9.59 Å². The SMILES string of the molecule is Cc1cccc(NC(=O)C2CCN(C(=O)Cc3cccs3)CC2)c1. The van der Waals surface area contributed by atoms with E-state index in [0.717, 1.165) is 29.0 Å². The van der Waals surface area contributed by atoms with Crippen LogP contribution in [0.15, 0.2) is 41.8 Å². The summed E-state index contributed by atoms with van der Waals surface area (Å²) in [6.07, 6.45) is 1.93. The van der Waals surface area contributed by atoms with Crippen LogP contribution in [0.3, 0.4) is 0 Å². The summed E-state index contributed by atoms with van der Waals surface area (Å²) in [5.41, 5.74) is 1.97. The maximum Gasteiger partial charge on any atom is 0.227 e. The highest BCUT2D eigenvalue weighted by molar-refractivity contribution is 7.10. The van der Waals surface area contributed by atoms with Gasteiger partial charge < -0.3 is 10.2 Å². The molecule has 2 heterocycles. The summed E-state index contributed by atoms with van der Waals surface area (Å²) in [6, 6.07) is 11.8. The molecule has 0 radical (unpaired) electrons. The molecule has 1 aliphatic heterocycles. The van der Waals surface area contributed by atoms with Gasteiger partial charge in [0.05, 0.1) is 6.42 Å². The van der Waals surface area contributed by atoms with Crippen LogP contribution in [-0.2, 0) is 16.0 Å². The Morgan fingerprint density at radius 2 is 2.00 bits per heavy atom. The molecule has 0 unspecified atom stereocenters. The summed E-state index contributed by atoms with van der Waals surface area (Å²) in [5.74, 6) is 0.206. The van der Waals surface area contributed by atoms with Crippen LogP contribution in [0.4, 0.5) is 5.69 Å². The van der Waals surface area contributed by atoms with E-state index in [4.69, 9.17) is 0 Å². The quantitative estimate of drug-likeness (QED) is 0.925. The summed E-state index contributed by atoms with van der Waals surface area (Å²) >= 11 is 1.61. The van der Waals surface area contributed by atoms with Gasteiger partial charge in [0.1, 0.15) is 0 Å². The average molecular weight is 342 g/mol. The van der Waals surface area contributed by atoms with E-state index in [-0.39, 0.29) is 17.7 Å². The van der Waals surface area contributed by atoms with E-state index in [0.29, 0.717) is 19.5 Å². The Labute approximate surface area is 146 Å². The third kappa shape index (κ3) is 4.23. The highest BCUT2D eigenvalue weighted by Gasteiger charge is 2.27. The summed E-state index contributed by atoms with van der Waals surface area (Å²) in [4.78, 5) is 27.7. The predicted octanol–water partition coefficient (Wildman–Crippen LogP) is 3.48. The molecule has 2 aromatic rings. The number of benzene rings is 1. The molecule has 24 heavy (non-hydrogen) atoms. The molecule has 1 aliphatic rings. The van der Waals surface area contributed by atoms with E-state index < -0.39 is 0 Å². The minimum absolute atomic E-state index is 0.0173. The Kier molecular flexibility index (Phi) is 5.30. The molecule has 0 atom stereocenters. The Morgan fingerprint density at radius 3 is 2.67 bits per heavy atom. The van der Waals surface area contributed by atoms with Gasteiger partial charge in [-0.2, -0.15) is 0 Å². The smallest absolute Gasteiger partial charge is 0.227 e. The molecule has 1 saturated heterocycles. The lowest BCUT2D eigenvalue weighted by Gasteiger charge is -2.31. The molecule has 5 heteroatoms. The third-order valence-corrected chi connectivity index (χ3v) is 5.29. The summed E-state index contributed by atoms with van der Waals surface area (Å²) in [6.45, 7) is 3.33. The number of amides is 2. The van der Waals surface area contributed by atoms with E-state index >= 15 is 0 Å². The molecular formula is C19H22N2O2S. The number of thiophene rings is 1. The fourth-order valence-corrected chi connectivity index (χ4v) is 3.73. The van der Waals surface area contributed by atoms with Gasteiger partial charge in [-0.05, 0) is 48.9 Å². The van der Waals surface area contributed by atoms with Gasteiger partial charge >= 0.3 is 0 Å². The van der Waals surface area contributed by atoms with Crippen molar-refractivity contribution in [1.82, 2.24) is 4.90 Å². The molecule has 126 valence electrons. The van der Waals surface area contributed by atoms with Crippen LogP contribution in [0.25, 0.3) is 0 Å². The second-order valence-corrected chi connectivity index (χ2v) is 7.30. The maximum absolute atomic E-state index is 12.4. The largest absolute Gasteiger partial charge is 0.342 e.